The van der Waals surface area contributed by atoms with Crippen molar-refractivity contribution in [2.24, 2.45) is 0 Å². The highest BCUT2D eigenvalue weighted by atomic mass is 16.2. The fraction of sp³-hybridized carbons (Fsp3) is 0.167. The molecular formula is C18H17N5O4. The Labute approximate surface area is 153 Å². The van der Waals surface area contributed by atoms with Crippen LogP contribution in [0.3, 0.4) is 0 Å². The molecule has 0 saturated heterocycles. The van der Waals surface area contributed by atoms with Gasteiger partial charge in [0.15, 0.2) is 0 Å². The number of nitrogens with one attached hydrogen (secondary N) is 3. The lowest BCUT2D eigenvalue weighted by Gasteiger charge is -2.13. The fourth-order valence-electron chi connectivity index (χ4n) is 2.59. The van der Waals surface area contributed by atoms with Crippen molar-refractivity contribution in [2.75, 3.05) is 5.32 Å². The van der Waals surface area contributed by atoms with Gasteiger partial charge in [0.05, 0.1) is 0 Å². The highest BCUT2D eigenvalue weighted by Gasteiger charge is 2.17. The predicted octanol–water partition coefficient (Wildman–Crippen LogP) is 0.876. The first-order valence-electron chi connectivity index (χ1n) is 8.13. The third kappa shape index (κ3) is 3.76. The predicted molar refractivity (Wildman–Crippen MR) is 98.4 cm³/mol. The number of hydrogen-bond acceptors (Lipinski definition) is 5. The standard InChI is InChI=1S/C18H17N5O4/c1-10(21-11(2)24)17(26)22-12-3-4-15-13(7-12)16(25)14(8-20-15)18(27)23-6-5-19-9-23/h3-10H,1-2H3,(H,20,25)(H,21,24)(H,22,26). The Bertz CT molecular complexity index is 1080. The van der Waals surface area contributed by atoms with Gasteiger partial charge in [-0.15, -0.1) is 0 Å². The molecule has 27 heavy (non-hydrogen) atoms. The number of pyridine rings is 1. The van der Waals surface area contributed by atoms with E-state index in [1.165, 1.54) is 42.5 Å². The van der Waals surface area contributed by atoms with Crippen molar-refractivity contribution in [3.05, 3.63) is 58.9 Å². The number of fused-ring (bicyclic) bond motifs is 1. The second-order valence-corrected chi connectivity index (χ2v) is 5.98. The van der Waals surface area contributed by atoms with Gasteiger partial charge in [-0.3, -0.25) is 23.7 Å². The molecule has 0 spiro atoms. The first kappa shape index (κ1) is 18.1. The van der Waals surface area contributed by atoms with Gasteiger partial charge in [-0.2, -0.15) is 0 Å². The summed E-state index contributed by atoms with van der Waals surface area (Å²) in [5.41, 5.74) is 0.390. The summed E-state index contributed by atoms with van der Waals surface area (Å²) >= 11 is 0. The summed E-state index contributed by atoms with van der Waals surface area (Å²) in [6.07, 6.45) is 5.55. The number of imidazole rings is 1. The molecule has 3 aromatic rings. The number of amides is 2. The van der Waals surface area contributed by atoms with Gasteiger partial charge in [-0.1, -0.05) is 0 Å². The molecule has 2 aromatic heterocycles. The average Bonchev–Trinajstić information content (AvgIpc) is 3.16. The maximum Gasteiger partial charge on any atom is 0.268 e. The van der Waals surface area contributed by atoms with Crippen molar-refractivity contribution in [3.63, 3.8) is 0 Å². The number of hydrogen-bond donors (Lipinski definition) is 3. The van der Waals surface area contributed by atoms with E-state index in [0.29, 0.717) is 11.2 Å². The minimum absolute atomic E-state index is 0.0457. The molecule has 0 saturated carbocycles. The van der Waals surface area contributed by atoms with Crippen LogP contribution in [0.5, 0.6) is 0 Å². The van der Waals surface area contributed by atoms with Crippen LogP contribution >= 0.6 is 0 Å². The van der Waals surface area contributed by atoms with E-state index in [0.717, 1.165) is 0 Å². The fourth-order valence-corrected chi connectivity index (χ4v) is 2.59. The zero-order valence-corrected chi connectivity index (χ0v) is 14.6. The van der Waals surface area contributed by atoms with E-state index in [2.05, 4.69) is 20.6 Å². The Morgan fingerprint density at radius 2 is 2.04 bits per heavy atom. The number of aromatic amines is 1. The van der Waals surface area contributed by atoms with Crippen molar-refractivity contribution in [1.29, 1.82) is 0 Å². The van der Waals surface area contributed by atoms with Crippen LogP contribution in [-0.2, 0) is 9.59 Å². The number of benzene rings is 1. The minimum Gasteiger partial charge on any atom is -0.360 e. The number of carbonyl (C=O) groups excluding carboxylic acids is 3. The first-order valence-corrected chi connectivity index (χ1v) is 8.13. The molecule has 1 atom stereocenters. The number of anilines is 1. The van der Waals surface area contributed by atoms with E-state index in [1.807, 2.05) is 0 Å². The Morgan fingerprint density at radius 3 is 2.70 bits per heavy atom. The van der Waals surface area contributed by atoms with Gasteiger partial charge >= 0.3 is 0 Å². The zero-order valence-electron chi connectivity index (χ0n) is 14.6. The Balaban J connectivity index is 1.93. The van der Waals surface area contributed by atoms with Crippen LogP contribution in [0.2, 0.25) is 0 Å². The largest absolute Gasteiger partial charge is 0.360 e. The molecule has 0 aliphatic rings. The molecule has 0 bridgehead atoms. The molecule has 2 heterocycles. The molecule has 1 unspecified atom stereocenters. The van der Waals surface area contributed by atoms with Crippen molar-refractivity contribution in [3.8, 4) is 0 Å². The smallest absolute Gasteiger partial charge is 0.268 e. The van der Waals surface area contributed by atoms with Gasteiger partial charge in [0.25, 0.3) is 5.91 Å². The molecule has 0 fully saturated rings. The van der Waals surface area contributed by atoms with E-state index in [9.17, 15) is 19.2 Å². The van der Waals surface area contributed by atoms with Crippen molar-refractivity contribution < 1.29 is 14.4 Å². The molecule has 9 nitrogen and oxygen atoms in total. The van der Waals surface area contributed by atoms with Crippen molar-refractivity contribution >= 4 is 34.3 Å². The molecule has 0 radical (unpaired) electrons. The second-order valence-electron chi connectivity index (χ2n) is 5.98. The molecular weight excluding hydrogens is 350 g/mol. The maximum atomic E-state index is 12.7. The van der Waals surface area contributed by atoms with Crippen LogP contribution in [-0.4, -0.2) is 38.3 Å². The van der Waals surface area contributed by atoms with Gasteiger partial charge in [0.2, 0.25) is 17.2 Å². The summed E-state index contributed by atoms with van der Waals surface area (Å²) in [5, 5.41) is 5.37. The molecule has 9 heteroatoms. The van der Waals surface area contributed by atoms with Gasteiger partial charge in [0.1, 0.15) is 17.9 Å². The van der Waals surface area contributed by atoms with E-state index in [1.54, 1.807) is 19.1 Å². The number of H-pyrrole nitrogens is 1. The molecule has 0 aliphatic heterocycles. The lowest BCUT2D eigenvalue weighted by atomic mass is 10.1. The van der Waals surface area contributed by atoms with Crippen LogP contribution in [0.1, 0.15) is 24.2 Å². The van der Waals surface area contributed by atoms with Crippen LogP contribution in [0.25, 0.3) is 10.9 Å². The second kappa shape index (κ2) is 7.24. The summed E-state index contributed by atoms with van der Waals surface area (Å²) in [7, 11) is 0. The van der Waals surface area contributed by atoms with Crippen molar-refractivity contribution in [1.82, 2.24) is 19.9 Å². The number of rotatable bonds is 4. The quantitative estimate of drug-likeness (QED) is 0.631. The normalized spacial score (nSPS) is 11.8. The molecule has 2 amide bonds. The highest BCUT2D eigenvalue weighted by Crippen LogP contribution is 2.16. The monoisotopic (exact) mass is 367 g/mol. The van der Waals surface area contributed by atoms with Gasteiger partial charge in [-0.25, -0.2) is 4.98 Å². The molecule has 0 aliphatic carbocycles. The van der Waals surface area contributed by atoms with Crippen molar-refractivity contribution in [2.45, 2.75) is 19.9 Å². The first-order chi connectivity index (χ1) is 12.9. The maximum absolute atomic E-state index is 12.7. The molecule has 1 aromatic carbocycles. The third-order valence-electron chi connectivity index (χ3n) is 3.93. The summed E-state index contributed by atoms with van der Waals surface area (Å²) in [5.74, 6) is -1.26. The van der Waals surface area contributed by atoms with E-state index in [-0.39, 0.29) is 16.9 Å². The molecule has 138 valence electrons. The summed E-state index contributed by atoms with van der Waals surface area (Å²) in [4.78, 5) is 55.0. The molecule has 3 rings (SSSR count). The van der Waals surface area contributed by atoms with E-state index < -0.39 is 23.3 Å². The average molecular weight is 367 g/mol. The van der Waals surface area contributed by atoms with E-state index >= 15 is 0 Å². The zero-order chi connectivity index (χ0) is 19.6. The topological polar surface area (TPSA) is 126 Å². The minimum atomic E-state index is -0.731. The number of carbonyl (C=O) groups is 3. The summed E-state index contributed by atoms with van der Waals surface area (Å²) in [6, 6.07) is 4.00. The summed E-state index contributed by atoms with van der Waals surface area (Å²) in [6.45, 7) is 2.87. The van der Waals surface area contributed by atoms with E-state index in [4.69, 9.17) is 0 Å². The third-order valence-corrected chi connectivity index (χ3v) is 3.93. The van der Waals surface area contributed by atoms with Crippen LogP contribution < -0.4 is 16.1 Å². The van der Waals surface area contributed by atoms with Gasteiger partial charge < -0.3 is 15.6 Å². The summed E-state index contributed by atoms with van der Waals surface area (Å²) < 4.78 is 1.21. The van der Waals surface area contributed by atoms with Crippen LogP contribution in [0, 0.1) is 0 Å². The Morgan fingerprint density at radius 1 is 1.26 bits per heavy atom. The lowest BCUT2D eigenvalue weighted by molar-refractivity contribution is -0.124. The Hall–Kier alpha value is -3.75. The number of aromatic nitrogens is 3. The highest BCUT2D eigenvalue weighted by molar-refractivity contribution is 6.00. The number of nitrogens with zero attached hydrogens (tertiary/aromatic N) is 2. The van der Waals surface area contributed by atoms with Gasteiger partial charge in [-0.05, 0) is 25.1 Å². The lowest BCUT2D eigenvalue weighted by Crippen LogP contribution is -2.40. The van der Waals surface area contributed by atoms with Crippen LogP contribution in [0.15, 0.2) is 47.9 Å². The van der Waals surface area contributed by atoms with Gasteiger partial charge in [0, 0.05) is 42.1 Å². The Kier molecular flexibility index (Phi) is 4.84. The molecule has 3 N–H and O–H groups in total. The van der Waals surface area contributed by atoms with Crippen LogP contribution in [0.4, 0.5) is 5.69 Å². The SMILES string of the molecule is CC(=O)NC(C)C(=O)Nc1ccc2[nH]cc(C(=O)n3ccnc3)c(=O)c2c1.